The molecule has 0 aliphatic carbocycles. The fraction of sp³-hybridized carbons (Fsp3) is 0.655. The van der Waals surface area contributed by atoms with Crippen LogP contribution in [0.4, 0.5) is 24.8 Å². The first-order valence-corrected chi connectivity index (χ1v) is 15.0. The van der Waals surface area contributed by atoms with Crippen molar-refractivity contribution >= 4 is 17.5 Å². The quantitative estimate of drug-likeness (QED) is 0.462. The number of aromatic nitrogens is 4. The molecule has 5 aliphatic heterocycles. The van der Waals surface area contributed by atoms with Crippen LogP contribution in [0, 0.1) is 6.92 Å². The summed E-state index contributed by atoms with van der Waals surface area (Å²) in [6.07, 6.45) is 0.151. The lowest BCUT2D eigenvalue weighted by Crippen LogP contribution is -2.84. The molecule has 0 radical (unpaired) electrons. The first-order valence-electron chi connectivity index (χ1n) is 15.0. The zero-order valence-corrected chi connectivity index (χ0v) is 24.3. The van der Waals surface area contributed by atoms with Gasteiger partial charge in [0.25, 0.3) is 0 Å². The van der Waals surface area contributed by atoms with Gasteiger partial charge in [-0.2, -0.15) is 18.3 Å². The van der Waals surface area contributed by atoms with Gasteiger partial charge in [0.05, 0.1) is 44.7 Å². The summed E-state index contributed by atoms with van der Waals surface area (Å²) in [6, 6.07) is 2.08. The Morgan fingerprint density at radius 3 is 2.33 bits per heavy atom. The van der Waals surface area contributed by atoms with Crippen molar-refractivity contribution in [3.63, 3.8) is 0 Å². The van der Waals surface area contributed by atoms with Gasteiger partial charge in [0.1, 0.15) is 17.2 Å². The highest BCUT2D eigenvalue weighted by molar-refractivity contribution is 5.87. The van der Waals surface area contributed by atoms with E-state index in [4.69, 9.17) is 9.47 Å². The number of hydrogen-bond acceptors (Lipinski definition) is 9. The summed E-state index contributed by atoms with van der Waals surface area (Å²) in [7, 11) is 0. The Morgan fingerprint density at radius 2 is 1.74 bits per heavy atom. The average molecular weight is 603 g/mol. The normalized spacial score (nSPS) is 24.9. The Kier molecular flexibility index (Phi) is 7.13. The van der Waals surface area contributed by atoms with Crippen molar-refractivity contribution in [2.45, 2.75) is 49.5 Å². The van der Waals surface area contributed by atoms with Gasteiger partial charge in [-0.3, -0.25) is 14.4 Å². The van der Waals surface area contributed by atoms with Crippen LogP contribution in [-0.2, 0) is 20.4 Å². The maximum atomic E-state index is 14.1. The maximum Gasteiger partial charge on any atom is 0.451 e. The number of anilines is 2. The van der Waals surface area contributed by atoms with E-state index in [1.165, 1.54) is 11.8 Å². The summed E-state index contributed by atoms with van der Waals surface area (Å²) in [4.78, 5) is 28.1. The van der Waals surface area contributed by atoms with Crippen LogP contribution in [0.2, 0.25) is 0 Å². The van der Waals surface area contributed by atoms with Crippen molar-refractivity contribution in [3.8, 4) is 0 Å². The number of carbonyl (C=O) groups excluding carboxylic acids is 1. The van der Waals surface area contributed by atoms with Gasteiger partial charge in [-0.25, -0.2) is 9.97 Å². The SMILES string of the molecule is C=CC(=O)N1CCN([C@@H]2CN(c3cc(N4CCC(c5c(C)cnn5C5COC5)CC4)nc(C(F)(F)F)n3)C23COC3)CC1. The number of alkyl halides is 3. The van der Waals surface area contributed by atoms with Crippen molar-refractivity contribution in [2.24, 2.45) is 0 Å². The van der Waals surface area contributed by atoms with Gasteiger partial charge in [0.2, 0.25) is 11.7 Å². The largest absolute Gasteiger partial charge is 0.451 e. The summed E-state index contributed by atoms with van der Waals surface area (Å²) in [5.74, 6) is -0.322. The van der Waals surface area contributed by atoms with Crippen LogP contribution in [0.15, 0.2) is 24.9 Å². The molecule has 1 amide bonds. The molecule has 0 saturated carbocycles. The number of aryl methyl sites for hydroxylation is 1. The molecular formula is C29H37F3N8O3. The number of piperazine rings is 1. The highest BCUT2D eigenvalue weighted by Crippen LogP contribution is 2.45. The lowest BCUT2D eigenvalue weighted by Gasteiger charge is -2.66. The molecule has 232 valence electrons. The number of piperidine rings is 1. The van der Waals surface area contributed by atoms with Crippen molar-refractivity contribution in [1.29, 1.82) is 0 Å². The third-order valence-corrected chi connectivity index (χ3v) is 9.89. The van der Waals surface area contributed by atoms with E-state index < -0.39 is 17.5 Å². The lowest BCUT2D eigenvalue weighted by molar-refractivity contribution is -0.146. The van der Waals surface area contributed by atoms with Gasteiger partial charge in [0.15, 0.2) is 0 Å². The second kappa shape index (κ2) is 10.7. The Morgan fingerprint density at radius 1 is 1.05 bits per heavy atom. The van der Waals surface area contributed by atoms with Crippen LogP contribution in [-0.4, -0.2) is 119 Å². The van der Waals surface area contributed by atoms with Crippen LogP contribution >= 0.6 is 0 Å². The zero-order chi connectivity index (χ0) is 29.9. The Balaban J connectivity index is 1.09. The van der Waals surface area contributed by atoms with Gasteiger partial charge < -0.3 is 24.2 Å². The fourth-order valence-corrected chi connectivity index (χ4v) is 7.26. The molecule has 5 fully saturated rings. The monoisotopic (exact) mass is 602 g/mol. The minimum atomic E-state index is -4.67. The second-order valence-electron chi connectivity index (χ2n) is 12.3. The molecule has 14 heteroatoms. The molecular weight excluding hydrogens is 565 g/mol. The minimum absolute atomic E-state index is 0.0810. The first-order chi connectivity index (χ1) is 20.7. The number of carbonyl (C=O) groups is 1. The summed E-state index contributed by atoms with van der Waals surface area (Å²) in [5, 5.41) is 4.59. The van der Waals surface area contributed by atoms with Gasteiger partial charge in [-0.15, -0.1) is 0 Å². The molecule has 0 unspecified atom stereocenters. The molecule has 43 heavy (non-hydrogen) atoms. The van der Waals surface area contributed by atoms with Crippen molar-refractivity contribution in [1.82, 2.24) is 29.5 Å². The van der Waals surface area contributed by atoms with Gasteiger partial charge in [0, 0.05) is 63.5 Å². The summed E-state index contributed by atoms with van der Waals surface area (Å²) >= 11 is 0. The van der Waals surface area contributed by atoms with E-state index in [1.54, 1.807) is 11.0 Å². The van der Waals surface area contributed by atoms with E-state index in [0.29, 0.717) is 83.9 Å². The standard InChI is InChI=1S/C29H37F3N8O3/c1-3-25(41)38-10-8-36(9-11-38)22-14-39(28(22)17-43-18-28)24-12-23(34-27(35-24)29(30,31)32)37-6-4-20(5-7-37)26-19(2)13-33-40(26)21-15-42-16-21/h3,12-13,20-22H,1,4-11,14-18H2,2H3/t22-/m1/s1. The van der Waals surface area contributed by atoms with Crippen molar-refractivity contribution < 1.29 is 27.4 Å². The number of halogens is 3. The molecule has 0 aromatic carbocycles. The summed E-state index contributed by atoms with van der Waals surface area (Å²) in [6.45, 7) is 12.1. The van der Waals surface area contributed by atoms with Crippen LogP contribution in [0.3, 0.4) is 0 Å². The van der Waals surface area contributed by atoms with Crippen molar-refractivity contribution in [2.75, 3.05) is 82.0 Å². The number of ether oxygens (including phenoxy) is 2. The molecule has 7 heterocycles. The second-order valence-corrected chi connectivity index (χ2v) is 12.3. The maximum absolute atomic E-state index is 14.1. The van der Waals surface area contributed by atoms with Crippen LogP contribution in [0.5, 0.6) is 0 Å². The predicted molar refractivity (Wildman–Crippen MR) is 151 cm³/mol. The Bertz CT molecular complexity index is 1380. The number of nitrogens with zero attached hydrogens (tertiary/aromatic N) is 8. The Hall–Kier alpha value is -3.23. The smallest absolute Gasteiger partial charge is 0.377 e. The molecule has 7 rings (SSSR count). The Labute approximate surface area is 248 Å². The molecule has 2 aromatic heterocycles. The molecule has 0 bridgehead atoms. The molecule has 11 nitrogen and oxygen atoms in total. The van der Waals surface area contributed by atoms with E-state index >= 15 is 0 Å². The van der Waals surface area contributed by atoms with Crippen LogP contribution < -0.4 is 9.80 Å². The highest BCUT2D eigenvalue weighted by atomic mass is 19.4. The average Bonchev–Trinajstić information content (AvgIpc) is 3.30. The fourth-order valence-electron chi connectivity index (χ4n) is 7.26. The molecule has 5 aliphatic rings. The number of hydrogen-bond donors (Lipinski definition) is 0. The topological polar surface area (TPSA) is 92.1 Å². The van der Waals surface area contributed by atoms with E-state index in [2.05, 4.69) is 38.2 Å². The van der Waals surface area contributed by atoms with Gasteiger partial charge >= 0.3 is 6.18 Å². The third-order valence-electron chi connectivity index (χ3n) is 9.89. The van der Waals surface area contributed by atoms with Gasteiger partial charge in [-0.1, -0.05) is 6.58 Å². The van der Waals surface area contributed by atoms with Crippen LogP contribution in [0.25, 0.3) is 0 Å². The number of rotatable bonds is 6. The van der Waals surface area contributed by atoms with E-state index in [0.717, 1.165) is 18.4 Å². The highest BCUT2D eigenvalue weighted by Gasteiger charge is 2.61. The van der Waals surface area contributed by atoms with E-state index in [9.17, 15) is 18.0 Å². The van der Waals surface area contributed by atoms with Crippen molar-refractivity contribution in [3.05, 3.63) is 42.0 Å². The summed E-state index contributed by atoms with van der Waals surface area (Å²) < 4.78 is 55.3. The molecule has 1 spiro atoms. The molecule has 2 aromatic rings. The van der Waals surface area contributed by atoms with Gasteiger partial charge in [-0.05, 0) is 31.4 Å². The van der Waals surface area contributed by atoms with E-state index in [1.807, 2.05) is 16.0 Å². The lowest BCUT2D eigenvalue weighted by atomic mass is 9.76. The molecule has 0 N–H and O–H groups in total. The first kappa shape index (κ1) is 28.5. The summed E-state index contributed by atoms with van der Waals surface area (Å²) in [5.41, 5.74) is 1.91. The zero-order valence-electron chi connectivity index (χ0n) is 24.3. The number of amides is 1. The van der Waals surface area contributed by atoms with Crippen LogP contribution in [0.1, 0.15) is 41.9 Å². The molecule has 5 saturated heterocycles. The molecule has 1 atom stereocenters. The predicted octanol–water partition coefficient (Wildman–Crippen LogP) is 2.24. The third kappa shape index (κ3) is 4.87. The minimum Gasteiger partial charge on any atom is -0.377 e. The van der Waals surface area contributed by atoms with E-state index in [-0.39, 0.29) is 23.9 Å².